The van der Waals surface area contributed by atoms with E-state index in [0.29, 0.717) is 48.0 Å². The highest BCUT2D eigenvalue weighted by molar-refractivity contribution is 6.30. The maximum atomic E-state index is 13.3. The third-order valence-electron chi connectivity index (χ3n) is 8.33. The molecule has 2 heterocycles. The number of ether oxygens (including phenoxy) is 1. The normalized spacial score (nSPS) is 17.0. The monoisotopic (exact) mass is 637 g/mol. The van der Waals surface area contributed by atoms with E-state index in [1.54, 1.807) is 41.6 Å². The number of carbonyl (C=O) groups is 2. The van der Waals surface area contributed by atoms with Gasteiger partial charge in [-0.25, -0.2) is 0 Å². The highest BCUT2D eigenvalue weighted by Gasteiger charge is 2.36. The molecule has 2 atom stereocenters. The first kappa shape index (κ1) is 32.4. The highest BCUT2D eigenvalue weighted by Crippen LogP contribution is 2.42. The third-order valence-corrected chi connectivity index (χ3v) is 8.56. The van der Waals surface area contributed by atoms with E-state index in [1.165, 1.54) is 13.3 Å². The van der Waals surface area contributed by atoms with Gasteiger partial charge in [-0.05, 0) is 77.0 Å². The number of piperazine rings is 1. The number of nitrogens with two attached hydrogens (primary N) is 1. The predicted octanol–water partition coefficient (Wildman–Crippen LogP) is 4.01. The molecule has 2 aliphatic rings. The van der Waals surface area contributed by atoms with Gasteiger partial charge in [0.05, 0.1) is 35.1 Å². The summed E-state index contributed by atoms with van der Waals surface area (Å²) in [5.74, 6) is -0.384. The van der Waals surface area contributed by atoms with Crippen molar-refractivity contribution in [1.29, 1.82) is 5.26 Å². The Balaban J connectivity index is 1.55. The lowest BCUT2D eigenvalue weighted by molar-refractivity contribution is -0.124. The number of likely N-dealkylation sites (N-methyl/N-ethyl adjacent to an activating group) is 1. The number of halogens is 1. The van der Waals surface area contributed by atoms with Gasteiger partial charge in [0.15, 0.2) is 0 Å². The highest BCUT2D eigenvalue weighted by atomic mass is 35.5. The zero-order valence-electron chi connectivity index (χ0n) is 25.8. The van der Waals surface area contributed by atoms with Gasteiger partial charge in [-0.1, -0.05) is 30.3 Å². The average molecular weight is 638 g/mol. The van der Waals surface area contributed by atoms with Crippen LogP contribution in [0.1, 0.15) is 44.3 Å². The molecule has 1 aliphatic heterocycles. The molecule has 1 fully saturated rings. The molecule has 1 aromatic heterocycles. The molecule has 5 rings (SSSR count). The minimum Gasteiger partial charge on any atom is -0.403 e. The number of rotatable bonds is 9. The van der Waals surface area contributed by atoms with Gasteiger partial charge in [0.1, 0.15) is 6.61 Å². The summed E-state index contributed by atoms with van der Waals surface area (Å²) in [4.78, 5) is 37.1. The van der Waals surface area contributed by atoms with E-state index in [9.17, 15) is 9.59 Å². The van der Waals surface area contributed by atoms with Crippen LogP contribution >= 0.6 is 11.6 Å². The van der Waals surface area contributed by atoms with Crippen molar-refractivity contribution in [3.8, 4) is 6.07 Å². The number of nitriles is 1. The molecule has 10 nitrogen and oxygen atoms in total. The summed E-state index contributed by atoms with van der Waals surface area (Å²) in [6.07, 6.45) is 6.89. The summed E-state index contributed by atoms with van der Waals surface area (Å²) in [5, 5.41) is 12.8. The first-order valence-electron chi connectivity index (χ1n) is 14.8. The Bertz CT molecular complexity index is 1720. The van der Waals surface area contributed by atoms with Crippen LogP contribution in [0.25, 0.3) is 11.6 Å². The van der Waals surface area contributed by atoms with Gasteiger partial charge in [-0.2, -0.15) is 5.26 Å². The lowest BCUT2D eigenvalue weighted by atomic mass is 9.89. The number of hydrogen-bond donors (Lipinski definition) is 2. The van der Waals surface area contributed by atoms with Gasteiger partial charge in [-0.3, -0.25) is 19.5 Å². The third kappa shape index (κ3) is 6.67. The maximum Gasteiger partial charge on any atom is 0.253 e. The van der Waals surface area contributed by atoms with E-state index in [0.717, 1.165) is 28.0 Å². The number of aromatic nitrogens is 1. The molecule has 11 heteroatoms. The molecular weight excluding hydrogens is 602 g/mol. The second kappa shape index (κ2) is 14.4. The molecular formula is C35H36ClN7O3. The molecule has 1 aliphatic carbocycles. The van der Waals surface area contributed by atoms with Crippen LogP contribution in [0.2, 0.25) is 5.02 Å². The van der Waals surface area contributed by atoms with Crippen molar-refractivity contribution in [2.45, 2.75) is 12.1 Å². The molecule has 3 N–H and O–H groups in total. The second-order valence-electron chi connectivity index (χ2n) is 11.0. The van der Waals surface area contributed by atoms with Crippen molar-refractivity contribution in [2.75, 3.05) is 46.9 Å². The maximum absolute atomic E-state index is 13.3. The number of hydrogen-bond acceptors (Lipinski definition) is 8. The molecule has 0 bridgehead atoms. The topological polar surface area (TPSA) is 128 Å². The number of carbonyl (C=O) groups excluding carboxylic acids is 2. The lowest BCUT2D eigenvalue weighted by Crippen LogP contribution is -2.50. The van der Waals surface area contributed by atoms with Gasteiger partial charge < -0.3 is 25.6 Å². The number of benzene rings is 2. The van der Waals surface area contributed by atoms with Crippen molar-refractivity contribution in [1.82, 2.24) is 25.0 Å². The molecule has 0 spiro atoms. The Morgan fingerprint density at radius 1 is 1.22 bits per heavy atom. The molecule has 0 unspecified atom stereocenters. The van der Waals surface area contributed by atoms with Gasteiger partial charge in [-0.15, -0.1) is 0 Å². The standard InChI is InChI=1S/C35H36ClN7O3/c1-4-41(2)30(21-38)33(40-31(44)22-46-3)29-18-25-6-5-13-39-32(25)34(27-12-11-26(36)19-28(27)29)42-14-16-43(17-15-42)35(45)24-9-7-23(20-37)8-10-24/h4-13,18-19,21,33-34H,1,14-17,22,38H2,2-3H3,(H,40,44)/b30-21-/t33-,34+/m1/s1. The molecule has 0 saturated carbocycles. The number of nitrogens with zero attached hydrogens (tertiary/aromatic N) is 5. The van der Waals surface area contributed by atoms with Gasteiger partial charge in [0, 0.05) is 63.3 Å². The van der Waals surface area contributed by atoms with Crippen LogP contribution in [0.5, 0.6) is 0 Å². The Kier molecular flexibility index (Phi) is 10.2. The summed E-state index contributed by atoms with van der Waals surface area (Å²) in [7, 11) is 3.28. The van der Waals surface area contributed by atoms with Crippen LogP contribution in [0.4, 0.5) is 0 Å². The van der Waals surface area contributed by atoms with Crippen LogP contribution in [-0.2, 0) is 9.53 Å². The summed E-state index contributed by atoms with van der Waals surface area (Å²) in [6, 6.07) is 17.5. The summed E-state index contributed by atoms with van der Waals surface area (Å²) < 4.78 is 5.13. The van der Waals surface area contributed by atoms with Crippen LogP contribution in [-0.4, -0.2) is 84.5 Å². The minimum absolute atomic E-state index is 0.0678. The Morgan fingerprint density at radius 3 is 2.61 bits per heavy atom. The number of nitrogens with one attached hydrogen (secondary N) is 1. The molecule has 0 radical (unpaired) electrons. The number of pyridine rings is 1. The predicted molar refractivity (Wildman–Crippen MR) is 178 cm³/mol. The van der Waals surface area contributed by atoms with Gasteiger partial charge in [0.25, 0.3) is 5.91 Å². The van der Waals surface area contributed by atoms with E-state index < -0.39 is 6.04 Å². The van der Waals surface area contributed by atoms with Gasteiger partial charge in [0.2, 0.25) is 5.91 Å². The van der Waals surface area contributed by atoms with Gasteiger partial charge >= 0.3 is 0 Å². The molecule has 236 valence electrons. The number of amides is 2. The molecule has 2 aromatic carbocycles. The average Bonchev–Trinajstić information content (AvgIpc) is 3.22. The fraction of sp³-hybridized carbons (Fsp3) is 0.257. The Morgan fingerprint density at radius 2 is 1.96 bits per heavy atom. The van der Waals surface area contributed by atoms with Crippen LogP contribution in [0.15, 0.2) is 85.5 Å². The van der Waals surface area contributed by atoms with Crippen LogP contribution in [0, 0.1) is 11.3 Å². The van der Waals surface area contributed by atoms with E-state index >= 15 is 0 Å². The molecule has 3 aromatic rings. The molecule has 46 heavy (non-hydrogen) atoms. The zero-order valence-corrected chi connectivity index (χ0v) is 26.6. The van der Waals surface area contributed by atoms with Crippen molar-refractivity contribution < 1.29 is 14.3 Å². The first-order chi connectivity index (χ1) is 22.3. The van der Waals surface area contributed by atoms with Crippen molar-refractivity contribution in [3.63, 3.8) is 0 Å². The molecule has 2 amide bonds. The lowest BCUT2D eigenvalue weighted by Gasteiger charge is -2.40. The van der Waals surface area contributed by atoms with E-state index in [1.807, 2.05) is 48.4 Å². The summed E-state index contributed by atoms with van der Waals surface area (Å²) in [5.41, 5.74) is 12.2. The van der Waals surface area contributed by atoms with Crippen molar-refractivity contribution >= 4 is 35.1 Å². The molecule has 1 saturated heterocycles. The smallest absolute Gasteiger partial charge is 0.253 e. The fourth-order valence-electron chi connectivity index (χ4n) is 6.02. The van der Waals surface area contributed by atoms with Crippen LogP contribution < -0.4 is 11.1 Å². The van der Waals surface area contributed by atoms with Crippen molar-refractivity contribution in [3.05, 3.63) is 124 Å². The Labute approximate surface area is 274 Å². The minimum atomic E-state index is -0.679. The fourth-order valence-corrected chi connectivity index (χ4v) is 6.19. The van der Waals surface area contributed by atoms with E-state index in [4.69, 9.17) is 32.3 Å². The van der Waals surface area contributed by atoms with Crippen molar-refractivity contribution in [2.24, 2.45) is 5.73 Å². The summed E-state index contributed by atoms with van der Waals surface area (Å²) in [6.45, 7) is 5.99. The van der Waals surface area contributed by atoms with E-state index in [-0.39, 0.29) is 24.5 Å². The van der Waals surface area contributed by atoms with E-state index in [2.05, 4.69) is 22.9 Å². The zero-order chi connectivity index (χ0) is 32.8. The summed E-state index contributed by atoms with van der Waals surface area (Å²) >= 11 is 6.64. The SMILES string of the molecule is C=CN(C)/C(=C\N)[C@H](NC(=O)COC)C1=Cc2cccnc2[C@@H](N2CCN(C(=O)c3ccc(C#N)cc3)CC2)c2ccc(Cl)cc21. The number of methoxy groups -OCH3 is 1. The number of fused-ring (bicyclic) bond motifs is 2. The Hall–Kier alpha value is -4.95. The quantitative estimate of drug-likeness (QED) is 0.360. The largest absolute Gasteiger partial charge is 0.403 e. The van der Waals surface area contributed by atoms with Crippen LogP contribution in [0.3, 0.4) is 0 Å². The first-order valence-corrected chi connectivity index (χ1v) is 15.2. The second-order valence-corrected chi connectivity index (χ2v) is 11.5.